The number of nitrogens with one attached hydrogen (secondary N) is 1. The van der Waals surface area contributed by atoms with E-state index >= 15 is 0 Å². The molecule has 1 fully saturated rings. The lowest BCUT2D eigenvalue weighted by atomic mass is 10.1. The van der Waals surface area contributed by atoms with Gasteiger partial charge in [0.1, 0.15) is 12.3 Å². The van der Waals surface area contributed by atoms with E-state index in [9.17, 15) is 34.6 Å². The Bertz CT molecular complexity index is 1550. The molecule has 0 aliphatic carbocycles. The molecule has 1 aliphatic rings. The molecule has 1 aliphatic heterocycles. The molecular weight excluding hydrogens is 528 g/mol. The van der Waals surface area contributed by atoms with Crippen LogP contribution in [0.15, 0.2) is 65.6 Å². The van der Waals surface area contributed by atoms with E-state index in [-0.39, 0.29) is 16.4 Å². The van der Waals surface area contributed by atoms with Crippen LogP contribution in [-0.2, 0) is 9.59 Å². The van der Waals surface area contributed by atoms with Crippen LogP contribution in [0.25, 0.3) is 6.08 Å². The summed E-state index contributed by atoms with van der Waals surface area (Å²) in [6.07, 6.45) is 1.38. The summed E-state index contributed by atoms with van der Waals surface area (Å²) < 4.78 is 5.70. The molecule has 198 valence electrons. The standard InChI is InChI=1S/C26H20N4O8S/c1-15-6-5-7-16(2)24(15)27-23(31)14-28-25(32)22(39-26(28)33)12-17-8-3-4-9-20(17)38-21-11-10-18(29(34)35)13-19(21)30(36)37/h3-13H,14H2,1-2H3,(H,27,31)/b22-12+. The smallest absolute Gasteiger partial charge is 0.318 e. The van der Waals surface area contributed by atoms with E-state index in [0.717, 1.165) is 34.2 Å². The zero-order chi connectivity index (χ0) is 28.3. The summed E-state index contributed by atoms with van der Waals surface area (Å²) in [5.74, 6) is -1.36. The lowest BCUT2D eigenvalue weighted by Gasteiger charge is -2.15. The fourth-order valence-electron chi connectivity index (χ4n) is 3.77. The van der Waals surface area contributed by atoms with Crippen LogP contribution in [0.2, 0.25) is 0 Å². The van der Waals surface area contributed by atoms with Crippen LogP contribution >= 0.6 is 11.8 Å². The predicted molar refractivity (Wildman–Crippen MR) is 143 cm³/mol. The minimum absolute atomic E-state index is 0.0223. The topological polar surface area (TPSA) is 162 Å². The highest BCUT2D eigenvalue weighted by Crippen LogP contribution is 2.38. The van der Waals surface area contributed by atoms with Crippen molar-refractivity contribution < 1.29 is 29.0 Å². The normalized spacial score (nSPS) is 14.0. The number of carbonyl (C=O) groups excluding carboxylic acids is 3. The maximum absolute atomic E-state index is 13.0. The van der Waals surface area contributed by atoms with Crippen molar-refractivity contribution in [2.45, 2.75) is 13.8 Å². The molecule has 0 saturated carbocycles. The third-order valence-corrected chi connectivity index (χ3v) is 6.60. The predicted octanol–water partition coefficient (Wildman–Crippen LogP) is 5.59. The van der Waals surface area contributed by atoms with E-state index in [2.05, 4.69) is 5.32 Å². The fraction of sp³-hybridized carbons (Fsp3) is 0.115. The SMILES string of the molecule is Cc1cccc(C)c1NC(=O)CN1C(=O)S/C(=C/c2ccccc2Oc2ccc([N+](=O)[O-])cc2[N+](=O)[O-])C1=O. The van der Waals surface area contributed by atoms with Gasteiger partial charge in [0.25, 0.3) is 16.8 Å². The number of imide groups is 1. The zero-order valence-electron chi connectivity index (χ0n) is 20.6. The first kappa shape index (κ1) is 27.0. The van der Waals surface area contributed by atoms with Gasteiger partial charge in [-0.3, -0.25) is 39.5 Å². The van der Waals surface area contributed by atoms with Crippen molar-refractivity contribution in [3.05, 3.63) is 102 Å². The Balaban J connectivity index is 1.55. The Morgan fingerprint density at radius 2 is 1.67 bits per heavy atom. The van der Waals surface area contributed by atoms with Gasteiger partial charge in [-0.2, -0.15) is 0 Å². The molecule has 0 unspecified atom stereocenters. The number of hydrogen-bond donors (Lipinski definition) is 1. The zero-order valence-corrected chi connectivity index (χ0v) is 21.4. The van der Waals surface area contributed by atoms with Crippen molar-refractivity contribution in [1.29, 1.82) is 0 Å². The molecule has 1 N–H and O–H groups in total. The first-order chi connectivity index (χ1) is 18.5. The van der Waals surface area contributed by atoms with Crippen molar-refractivity contribution >= 4 is 52.0 Å². The summed E-state index contributed by atoms with van der Waals surface area (Å²) in [6, 6.07) is 14.7. The van der Waals surface area contributed by atoms with Crippen LogP contribution in [0.4, 0.5) is 21.9 Å². The molecule has 3 aromatic rings. The molecule has 0 aromatic heterocycles. The number of aryl methyl sites for hydroxylation is 2. The summed E-state index contributed by atoms with van der Waals surface area (Å²) in [5.41, 5.74) is 1.50. The molecule has 3 amide bonds. The number of rotatable bonds is 8. The van der Waals surface area contributed by atoms with Crippen molar-refractivity contribution in [1.82, 2.24) is 4.90 Å². The largest absolute Gasteiger partial charge is 0.449 e. The van der Waals surface area contributed by atoms with Crippen LogP contribution in [0, 0.1) is 34.1 Å². The molecule has 1 heterocycles. The monoisotopic (exact) mass is 548 g/mol. The van der Waals surface area contributed by atoms with Gasteiger partial charge < -0.3 is 10.1 Å². The molecule has 0 spiro atoms. The summed E-state index contributed by atoms with van der Waals surface area (Å²) in [5, 5.41) is 24.6. The van der Waals surface area contributed by atoms with Crippen LogP contribution in [-0.4, -0.2) is 38.3 Å². The molecule has 13 heteroatoms. The number of carbonyl (C=O) groups is 3. The van der Waals surface area contributed by atoms with Gasteiger partial charge >= 0.3 is 5.69 Å². The van der Waals surface area contributed by atoms with Gasteiger partial charge in [0, 0.05) is 17.3 Å². The van der Waals surface area contributed by atoms with Gasteiger partial charge in [0.2, 0.25) is 11.7 Å². The Kier molecular flexibility index (Phi) is 7.72. The van der Waals surface area contributed by atoms with Crippen LogP contribution in [0.3, 0.4) is 0 Å². The van der Waals surface area contributed by atoms with Crippen molar-refractivity contribution in [2.24, 2.45) is 0 Å². The van der Waals surface area contributed by atoms with Gasteiger partial charge in [0.05, 0.1) is 20.8 Å². The highest BCUT2D eigenvalue weighted by molar-refractivity contribution is 8.18. The molecule has 12 nitrogen and oxygen atoms in total. The Morgan fingerprint density at radius 1 is 0.974 bits per heavy atom. The second-order valence-electron chi connectivity index (χ2n) is 8.39. The summed E-state index contributed by atoms with van der Waals surface area (Å²) in [4.78, 5) is 60.0. The molecule has 0 atom stereocenters. The van der Waals surface area contributed by atoms with Crippen LogP contribution in [0.1, 0.15) is 16.7 Å². The number of anilines is 1. The van der Waals surface area contributed by atoms with Gasteiger partial charge in [-0.05, 0) is 54.9 Å². The lowest BCUT2D eigenvalue weighted by Crippen LogP contribution is -2.36. The highest BCUT2D eigenvalue weighted by atomic mass is 32.2. The number of hydrogen-bond acceptors (Lipinski definition) is 9. The maximum atomic E-state index is 13.0. The molecule has 4 rings (SSSR count). The molecule has 0 radical (unpaired) electrons. The molecule has 0 bridgehead atoms. The number of non-ortho nitro benzene ring substituents is 1. The minimum Gasteiger partial charge on any atom is -0.449 e. The summed E-state index contributed by atoms with van der Waals surface area (Å²) >= 11 is 0.639. The van der Waals surface area contributed by atoms with E-state index in [4.69, 9.17) is 4.74 Å². The van der Waals surface area contributed by atoms with Crippen LogP contribution in [0.5, 0.6) is 11.5 Å². The number of nitrogens with zero attached hydrogens (tertiary/aromatic N) is 3. The highest BCUT2D eigenvalue weighted by Gasteiger charge is 2.36. The molecule has 1 saturated heterocycles. The Hall–Kier alpha value is -5.04. The molecular formula is C26H20N4O8S. The quantitative estimate of drug-likeness (QED) is 0.215. The van der Waals surface area contributed by atoms with E-state index in [1.54, 1.807) is 18.2 Å². The third-order valence-electron chi connectivity index (χ3n) is 5.70. The maximum Gasteiger partial charge on any atom is 0.318 e. The number of thioether (sulfide) groups is 1. The Morgan fingerprint density at radius 3 is 2.33 bits per heavy atom. The third kappa shape index (κ3) is 5.93. The number of ether oxygens (including phenoxy) is 1. The average Bonchev–Trinajstić information content (AvgIpc) is 3.14. The second-order valence-corrected chi connectivity index (χ2v) is 9.38. The van der Waals surface area contributed by atoms with Gasteiger partial charge in [-0.15, -0.1) is 0 Å². The number of nitro groups is 2. The van der Waals surface area contributed by atoms with E-state index in [0.29, 0.717) is 23.0 Å². The fourth-order valence-corrected chi connectivity index (χ4v) is 4.60. The van der Waals surface area contributed by atoms with Crippen molar-refractivity contribution in [3.8, 4) is 11.5 Å². The van der Waals surface area contributed by atoms with Crippen LogP contribution < -0.4 is 10.1 Å². The lowest BCUT2D eigenvalue weighted by molar-refractivity contribution is -0.394. The minimum atomic E-state index is -0.806. The number of para-hydroxylation sites is 2. The second kappa shape index (κ2) is 11.1. The van der Waals surface area contributed by atoms with Crippen molar-refractivity contribution in [3.63, 3.8) is 0 Å². The van der Waals surface area contributed by atoms with Gasteiger partial charge in [0.15, 0.2) is 0 Å². The number of nitro benzene ring substituents is 2. The summed E-state index contributed by atoms with van der Waals surface area (Å²) in [6.45, 7) is 3.18. The van der Waals surface area contributed by atoms with E-state index in [1.165, 1.54) is 12.1 Å². The van der Waals surface area contributed by atoms with E-state index < -0.39 is 44.8 Å². The first-order valence-electron chi connectivity index (χ1n) is 11.4. The van der Waals surface area contributed by atoms with Crippen molar-refractivity contribution in [2.75, 3.05) is 11.9 Å². The summed E-state index contributed by atoms with van der Waals surface area (Å²) in [7, 11) is 0. The average molecular weight is 549 g/mol. The first-order valence-corrected chi connectivity index (χ1v) is 12.2. The molecule has 3 aromatic carbocycles. The van der Waals surface area contributed by atoms with Gasteiger partial charge in [-0.1, -0.05) is 36.4 Å². The number of benzene rings is 3. The molecule has 39 heavy (non-hydrogen) atoms. The number of amides is 3. The Labute approximate surface area is 225 Å². The van der Waals surface area contributed by atoms with E-state index in [1.807, 2.05) is 32.0 Å². The van der Waals surface area contributed by atoms with Gasteiger partial charge in [-0.25, -0.2) is 0 Å².